The van der Waals surface area contributed by atoms with Crippen LogP contribution in [0.25, 0.3) is 10.9 Å². The number of benzene rings is 2. The van der Waals surface area contributed by atoms with Crippen molar-refractivity contribution in [1.82, 2.24) is 9.55 Å². The molecule has 25 heavy (non-hydrogen) atoms. The van der Waals surface area contributed by atoms with Gasteiger partial charge in [0.05, 0.1) is 39.9 Å². The Morgan fingerprint density at radius 3 is 2.64 bits per heavy atom. The third-order valence-corrected chi connectivity index (χ3v) is 4.69. The zero-order chi connectivity index (χ0) is 18.0. The Balaban J connectivity index is 1.76. The Morgan fingerprint density at radius 2 is 1.92 bits per heavy atom. The summed E-state index contributed by atoms with van der Waals surface area (Å²) in [7, 11) is 0. The molecule has 2 N–H and O–H groups in total. The van der Waals surface area contributed by atoms with Gasteiger partial charge in [-0.25, -0.2) is 4.98 Å². The third-order valence-electron chi connectivity index (χ3n) is 3.88. The zero-order valence-corrected chi connectivity index (χ0v) is 15.1. The molecular weight excluding hydrogens is 361 g/mol. The van der Waals surface area contributed by atoms with Crippen molar-refractivity contribution in [2.24, 2.45) is 0 Å². The summed E-state index contributed by atoms with van der Waals surface area (Å²) in [4.78, 5) is 16.8. The van der Waals surface area contributed by atoms with E-state index in [4.69, 9.17) is 23.2 Å². The number of halogens is 2. The number of hydrogen-bond donors (Lipinski definition) is 2. The first-order valence-corrected chi connectivity index (χ1v) is 8.53. The van der Waals surface area contributed by atoms with Crippen molar-refractivity contribution in [2.45, 2.75) is 19.6 Å². The molecule has 0 bridgehead atoms. The lowest BCUT2D eigenvalue weighted by atomic mass is 10.2. The van der Waals surface area contributed by atoms with Crippen molar-refractivity contribution >= 4 is 39.8 Å². The Labute approximate surface area is 154 Å². The maximum atomic E-state index is 12.6. The van der Waals surface area contributed by atoms with Crippen LogP contribution in [0.1, 0.15) is 5.56 Å². The summed E-state index contributed by atoms with van der Waals surface area (Å²) in [6.45, 7) is 2.41. The van der Waals surface area contributed by atoms with Crippen LogP contribution < -0.4 is 10.9 Å². The number of aromatic nitrogens is 2. The van der Waals surface area contributed by atoms with E-state index in [1.165, 1.54) is 10.9 Å². The molecule has 0 amide bonds. The van der Waals surface area contributed by atoms with Gasteiger partial charge in [0.15, 0.2) is 0 Å². The van der Waals surface area contributed by atoms with E-state index in [0.717, 1.165) is 11.3 Å². The largest absolute Gasteiger partial charge is 0.389 e. The van der Waals surface area contributed by atoms with Gasteiger partial charge < -0.3 is 10.4 Å². The second kappa shape index (κ2) is 7.44. The summed E-state index contributed by atoms with van der Waals surface area (Å²) >= 11 is 12.1. The molecule has 1 aromatic heterocycles. The van der Waals surface area contributed by atoms with Crippen molar-refractivity contribution in [2.75, 3.05) is 11.9 Å². The van der Waals surface area contributed by atoms with Gasteiger partial charge in [-0.3, -0.25) is 9.36 Å². The van der Waals surface area contributed by atoms with Crippen LogP contribution >= 0.6 is 23.2 Å². The minimum atomic E-state index is -0.767. The number of hydrogen-bond acceptors (Lipinski definition) is 4. The molecule has 0 spiro atoms. The summed E-state index contributed by atoms with van der Waals surface area (Å²) in [5.41, 5.74) is 2.22. The molecule has 5 nitrogen and oxygen atoms in total. The lowest BCUT2D eigenvalue weighted by Crippen LogP contribution is -2.31. The van der Waals surface area contributed by atoms with Gasteiger partial charge in [-0.1, -0.05) is 40.9 Å². The number of aliphatic hydroxyl groups is 1. The molecular formula is C18H17Cl2N3O2. The molecule has 7 heteroatoms. The van der Waals surface area contributed by atoms with E-state index in [1.54, 1.807) is 12.1 Å². The fraction of sp³-hybridized carbons (Fsp3) is 0.222. The number of nitrogens with zero attached hydrogens (tertiary/aromatic N) is 2. The molecule has 0 saturated carbocycles. The maximum absolute atomic E-state index is 12.6. The van der Waals surface area contributed by atoms with Crippen LogP contribution in [-0.4, -0.2) is 27.3 Å². The molecule has 3 aromatic rings. The van der Waals surface area contributed by atoms with E-state index >= 15 is 0 Å². The lowest BCUT2D eigenvalue weighted by molar-refractivity contribution is 0.165. The minimum Gasteiger partial charge on any atom is -0.389 e. The van der Waals surface area contributed by atoms with Crippen LogP contribution in [0.15, 0.2) is 47.5 Å². The molecule has 3 rings (SSSR count). The number of aryl methyl sites for hydroxylation is 1. The number of nitrogens with one attached hydrogen (secondary N) is 1. The van der Waals surface area contributed by atoms with Crippen LogP contribution in [0.2, 0.25) is 10.0 Å². The smallest absolute Gasteiger partial charge is 0.262 e. The molecule has 130 valence electrons. The molecule has 1 atom stereocenters. The Kier molecular flexibility index (Phi) is 5.27. The average Bonchev–Trinajstić information content (AvgIpc) is 2.60. The number of anilines is 1. The summed E-state index contributed by atoms with van der Waals surface area (Å²) in [5.74, 6) is 0. The monoisotopic (exact) mass is 377 g/mol. The number of aliphatic hydroxyl groups excluding tert-OH is 1. The summed E-state index contributed by atoms with van der Waals surface area (Å²) in [6.07, 6.45) is 0.639. The summed E-state index contributed by atoms with van der Waals surface area (Å²) in [6, 6.07) is 11.1. The highest BCUT2D eigenvalue weighted by Gasteiger charge is 2.13. The molecule has 2 aromatic carbocycles. The summed E-state index contributed by atoms with van der Waals surface area (Å²) in [5, 5.41) is 14.1. The van der Waals surface area contributed by atoms with E-state index < -0.39 is 6.10 Å². The van der Waals surface area contributed by atoms with E-state index in [-0.39, 0.29) is 22.5 Å². The molecule has 0 aliphatic carbocycles. The average molecular weight is 378 g/mol. The molecule has 1 heterocycles. The van der Waals surface area contributed by atoms with Crippen molar-refractivity contribution in [3.05, 3.63) is 68.7 Å². The highest BCUT2D eigenvalue weighted by atomic mass is 35.5. The van der Waals surface area contributed by atoms with E-state index in [9.17, 15) is 9.90 Å². The molecule has 0 radical (unpaired) electrons. The fourth-order valence-corrected chi connectivity index (χ4v) is 2.91. The quantitative estimate of drug-likeness (QED) is 0.713. The minimum absolute atomic E-state index is 0.101. The fourth-order valence-electron chi connectivity index (χ4n) is 2.51. The predicted molar refractivity (Wildman–Crippen MR) is 102 cm³/mol. The Bertz CT molecular complexity index is 955. The van der Waals surface area contributed by atoms with E-state index in [2.05, 4.69) is 10.3 Å². The summed E-state index contributed by atoms with van der Waals surface area (Å²) < 4.78 is 1.34. The van der Waals surface area contributed by atoms with Gasteiger partial charge in [-0.2, -0.15) is 0 Å². The SMILES string of the molecule is Cc1ccc(NC[C@@H](O)Cn2cnc3ccc(Cl)c(Cl)c3c2=O)cc1. The standard InChI is InChI=1S/C18H17Cl2N3O2/c1-11-2-4-12(5-3-11)21-8-13(24)9-23-10-22-15-7-6-14(19)17(20)16(15)18(23)25/h2-7,10,13,21,24H,8-9H2,1H3/t13-/m1/s1. The van der Waals surface area contributed by atoms with Crippen molar-refractivity contribution in [3.63, 3.8) is 0 Å². The molecule has 0 unspecified atom stereocenters. The topological polar surface area (TPSA) is 67.2 Å². The Morgan fingerprint density at radius 1 is 1.20 bits per heavy atom. The van der Waals surface area contributed by atoms with Crippen LogP contribution in [0, 0.1) is 6.92 Å². The second-order valence-corrected chi connectivity index (χ2v) is 6.64. The van der Waals surface area contributed by atoms with E-state index in [0.29, 0.717) is 17.1 Å². The van der Waals surface area contributed by atoms with Gasteiger partial charge in [0, 0.05) is 12.2 Å². The zero-order valence-electron chi connectivity index (χ0n) is 13.5. The molecule has 0 aliphatic heterocycles. The predicted octanol–water partition coefficient (Wildman–Crippen LogP) is 3.48. The van der Waals surface area contributed by atoms with Crippen molar-refractivity contribution in [1.29, 1.82) is 0 Å². The van der Waals surface area contributed by atoms with Gasteiger partial charge in [0.2, 0.25) is 0 Å². The van der Waals surface area contributed by atoms with Gasteiger partial charge in [0.1, 0.15) is 0 Å². The molecule has 0 aliphatic rings. The van der Waals surface area contributed by atoms with Crippen molar-refractivity contribution in [3.8, 4) is 0 Å². The van der Waals surface area contributed by atoms with Crippen LogP contribution in [0.5, 0.6) is 0 Å². The van der Waals surface area contributed by atoms with Gasteiger partial charge in [-0.15, -0.1) is 0 Å². The van der Waals surface area contributed by atoms with Gasteiger partial charge in [0.25, 0.3) is 5.56 Å². The second-order valence-electron chi connectivity index (χ2n) is 5.86. The highest BCUT2D eigenvalue weighted by molar-refractivity contribution is 6.45. The Hall–Kier alpha value is -2.08. The first kappa shape index (κ1) is 17.7. The van der Waals surface area contributed by atoms with Crippen LogP contribution in [0.3, 0.4) is 0 Å². The first-order valence-electron chi connectivity index (χ1n) is 7.77. The number of rotatable bonds is 5. The number of fused-ring (bicyclic) bond motifs is 1. The normalized spacial score (nSPS) is 12.3. The molecule has 0 fully saturated rings. The van der Waals surface area contributed by atoms with E-state index in [1.807, 2.05) is 31.2 Å². The highest BCUT2D eigenvalue weighted by Crippen LogP contribution is 2.27. The lowest BCUT2D eigenvalue weighted by Gasteiger charge is -2.15. The van der Waals surface area contributed by atoms with Gasteiger partial charge >= 0.3 is 0 Å². The first-order chi connectivity index (χ1) is 12.0. The van der Waals surface area contributed by atoms with Crippen LogP contribution in [-0.2, 0) is 6.54 Å². The molecule has 0 saturated heterocycles. The van der Waals surface area contributed by atoms with Crippen LogP contribution in [0.4, 0.5) is 5.69 Å². The van der Waals surface area contributed by atoms with Crippen molar-refractivity contribution < 1.29 is 5.11 Å². The van der Waals surface area contributed by atoms with Gasteiger partial charge in [-0.05, 0) is 31.2 Å². The maximum Gasteiger partial charge on any atom is 0.262 e. The third kappa shape index (κ3) is 3.95.